The number of ether oxygens (including phenoxy) is 1. The van der Waals surface area contributed by atoms with E-state index in [0.717, 1.165) is 25.0 Å². The molecular formula is C22H19ClFN3O4S. The third-order valence-corrected chi connectivity index (χ3v) is 7.07. The molecule has 7 nitrogen and oxygen atoms in total. The fraction of sp³-hybridized carbons (Fsp3) is 0.182. The van der Waals surface area contributed by atoms with Gasteiger partial charge in [-0.25, -0.2) is 17.8 Å². The Labute approximate surface area is 189 Å². The van der Waals surface area contributed by atoms with Crippen LogP contribution in [-0.4, -0.2) is 36.7 Å². The molecule has 1 fully saturated rings. The lowest BCUT2D eigenvalue weighted by Crippen LogP contribution is -2.29. The van der Waals surface area contributed by atoms with Gasteiger partial charge < -0.3 is 10.1 Å². The smallest absolute Gasteiger partial charge is 0.255 e. The van der Waals surface area contributed by atoms with Gasteiger partial charge in [0.1, 0.15) is 16.5 Å². The van der Waals surface area contributed by atoms with E-state index >= 15 is 0 Å². The first-order valence-corrected chi connectivity index (χ1v) is 11.7. The lowest BCUT2D eigenvalue weighted by atomic mass is 10.2. The Balaban J connectivity index is 1.47. The number of nitrogens with zero attached hydrogens (tertiary/aromatic N) is 2. The van der Waals surface area contributed by atoms with Gasteiger partial charge in [0.2, 0.25) is 15.9 Å². The standard InChI is InChI=1S/C22H19ClFN3O4S/c23-16-4-7-18(8-5-16)31-21-10-6-17(14-25-21)26-22(28)15-3-9-19(24)20(13-15)32(29,30)27-11-1-2-12-27/h3-10,13-14H,1-2,11-12H2,(H,26,28). The highest BCUT2D eigenvalue weighted by Crippen LogP contribution is 2.25. The molecule has 1 N–H and O–H groups in total. The first-order chi connectivity index (χ1) is 15.3. The molecule has 2 heterocycles. The van der Waals surface area contributed by atoms with E-state index in [1.165, 1.54) is 16.6 Å². The van der Waals surface area contributed by atoms with Crippen molar-refractivity contribution in [3.63, 3.8) is 0 Å². The Kier molecular flexibility index (Phi) is 6.40. The van der Waals surface area contributed by atoms with Crippen molar-refractivity contribution in [2.75, 3.05) is 18.4 Å². The van der Waals surface area contributed by atoms with Crippen LogP contribution >= 0.6 is 11.6 Å². The van der Waals surface area contributed by atoms with E-state index in [-0.39, 0.29) is 5.56 Å². The van der Waals surface area contributed by atoms with Gasteiger partial charge in [-0.1, -0.05) is 11.6 Å². The Hall–Kier alpha value is -3.01. The summed E-state index contributed by atoms with van der Waals surface area (Å²) in [4.78, 5) is 16.3. The third kappa shape index (κ3) is 4.90. The lowest BCUT2D eigenvalue weighted by Gasteiger charge is -2.16. The molecule has 32 heavy (non-hydrogen) atoms. The van der Waals surface area contributed by atoms with E-state index in [2.05, 4.69) is 10.3 Å². The monoisotopic (exact) mass is 475 g/mol. The van der Waals surface area contributed by atoms with Gasteiger partial charge >= 0.3 is 0 Å². The van der Waals surface area contributed by atoms with E-state index < -0.39 is 26.6 Å². The van der Waals surface area contributed by atoms with Gasteiger partial charge in [-0.2, -0.15) is 4.31 Å². The fourth-order valence-corrected chi connectivity index (χ4v) is 4.98. The molecule has 0 radical (unpaired) electrons. The summed E-state index contributed by atoms with van der Waals surface area (Å²) in [6, 6.07) is 13.2. The Bertz CT molecular complexity index is 1230. The Morgan fingerprint density at radius 2 is 1.78 bits per heavy atom. The van der Waals surface area contributed by atoms with E-state index in [0.29, 0.717) is 35.4 Å². The quantitative estimate of drug-likeness (QED) is 0.558. The van der Waals surface area contributed by atoms with E-state index in [1.54, 1.807) is 36.4 Å². The highest BCUT2D eigenvalue weighted by atomic mass is 35.5. The minimum absolute atomic E-state index is 0.0191. The summed E-state index contributed by atoms with van der Waals surface area (Å²) in [6.07, 6.45) is 2.85. The van der Waals surface area contributed by atoms with Crippen LogP contribution in [0.3, 0.4) is 0 Å². The van der Waals surface area contributed by atoms with Crippen molar-refractivity contribution in [3.8, 4) is 11.6 Å². The molecule has 1 saturated heterocycles. The summed E-state index contributed by atoms with van der Waals surface area (Å²) in [5.74, 6) is -0.613. The number of carbonyl (C=O) groups excluding carboxylic acids is 1. The molecule has 1 aromatic heterocycles. The minimum Gasteiger partial charge on any atom is -0.439 e. The zero-order chi connectivity index (χ0) is 22.7. The van der Waals surface area contributed by atoms with E-state index in [9.17, 15) is 17.6 Å². The summed E-state index contributed by atoms with van der Waals surface area (Å²) in [7, 11) is -4.00. The Morgan fingerprint density at radius 3 is 2.44 bits per heavy atom. The average Bonchev–Trinajstić information content (AvgIpc) is 3.33. The summed E-state index contributed by atoms with van der Waals surface area (Å²) in [5.41, 5.74) is 0.386. The number of hydrogen-bond acceptors (Lipinski definition) is 5. The molecule has 0 saturated carbocycles. The number of carbonyl (C=O) groups is 1. The number of aromatic nitrogens is 1. The van der Waals surface area contributed by atoms with Crippen LogP contribution in [0, 0.1) is 5.82 Å². The number of nitrogens with one attached hydrogen (secondary N) is 1. The summed E-state index contributed by atoms with van der Waals surface area (Å²) < 4.78 is 46.6. The highest BCUT2D eigenvalue weighted by Gasteiger charge is 2.30. The first-order valence-electron chi connectivity index (χ1n) is 9.83. The normalized spacial score (nSPS) is 14.3. The molecule has 166 valence electrons. The largest absolute Gasteiger partial charge is 0.439 e. The van der Waals surface area contributed by atoms with Crippen LogP contribution in [0.25, 0.3) is 0 Å². The molecule has 1 aliphatic heterocycles. The zero-order valence-electron chi connectivity index (χ0n) is 16.8. The zero-order valence-corrected chi connectivity index (χ0v) is 18.4. The number of amides is 1. The van der Waals surface area contributed by atoms with Crippen LogP contribution in [0.15, 0.2) is 65.7 Å². The van der Waals surface area contributed by atoms with Crippen molar-refractivity contribution in [1.82, 2.24) is 9.29 Å². The van der Waals surface area contributed by atoms with E-state index in [1.807, 2.05) is 0 Å². The molecule has 10 heteroatoms. The lowest BCUT2D eigenvalue weighted by molar-refractivity contribution is 0.102. The minimum atomic E-state index is -4.00. The molecule has 0 spiro atoms. The maximum Gasteiger partial charge on any atom is 0.255 e. The molecule has 0 aliphatic carbocycles. The van der Waals surface area contributed by atoms with Crippen molar-refractivity contribution in [1.29, 1.82) is 0 Å². The van der Waals surface area contributed by atoms with Gasteiger partial charge in [-0.05, 0) is 61.4 Å². The van der Waals surface area contributed by atoms with Crippen molar-refractivity contribution in [2.45, 2.75) is 17.7 Å². The van der Waals surface area contributed by atoms with Crippen LogP contribution in [0.5, 0.6) is 11.6 Å². The van der Waals surface area contributed by atoms with Crippen LogP contribution < -0.4 is 10.1 Å². The third-order valence-electron chi connectivity index (χ3n) is 4.91. The number of halogens is 2. The van der Waals surface area contributed by atoms with Crippen LogP contribution in [-0.2, 0) is 10.0 Å². The first kappa shape index (κ1) is 22.2. The van der Waals surface area contributed by atoms with Crippen molar-refractivity contribution >= 4 is 33.2 Å². The van der Waals surface area contributed by atoms with E-state index in [4.69, 9.17) is 16.3 Å². The molecule has 0 atom stereocenters. The number of rotatable bonds is 6. The SMILES string of the molecule is O=C(Nc1ccc(Oc2ccc(Cl)cc2)nc1)c1ccc(F)c(S(=O)(=O)N2CCCC2)c1. The number of pyridine rings is 1. The van der Waals surface area contributed by atoms with Crippen LogP contribution in [0.4, 0.5) is 10.1 Å². The topological polar surface area (TPSA) is 88.6 Å². The van der Waals surface area contributed by atoms with Gasteiger partial charge in [-0.15, -0.1) is 0 Å². The van der Waals surface area contributed by atoms with Crippen molar-refractivity contribution in [3.05, 3.63) is 77.2 Å². The summed E-state index contributed by atoms with van der Waals surface area (Å²) in [6.45, 7) is 0.683. The second kappa shape index (κ2) is 9.23. The summed E-state index contributed by atoms with van der Waals surface area (Å²) in [5, 5.41) is 3.20. The highest BCUT2D eigenvalue weighted by molar-refractivity contribution is 7.89. The number of hydrogen-bond donors (Lipinski definition) is 1. The second-order valence-electron chi connectivity index (χ2n) is 7.15. The molecule has 2 aromatic carbocycles. The molecule has 4 rings (SSSR count). The maximum atomic E-state index is 14.3. The van der Waals surface area contributed by atoms with Crippen LogP contribution in [0.2, 0.25) is 5.02 Å². The van der Waals surface area contributed by atoms with Gasteiger partial charge in [-0.3, -0.25) is 4.79 Å². The van der Waals surface area contributed by atoms with Crippen LogP contribution in [0.1, 0.15) is 23.2 Å². The molecule has 1 aliphatic rings. The fourth-order valence-electron chi connectivity index (χ4n) is 3.25. The number of anilines is 1. The molecular weight excluding hydrogens is 457 g/mol. The van der Waals surface area contributed by atoms with Gasteiger partial charge in [0, 0.05) is 29.7 Å². The molecule has 3 aromatic rings. The molecule has 1 amide bonds. The van der Waals surface area contributed by atoms with Gasteiger partial charge in [0.15, 0.2) is 0 Å². The second-order valence-corrected chi connectivity index (χ2v) is 9.49. The summed E-state index contributed by atoms with van der Waals surface area (Å²) >= 11 is 5.84. The number of benzene rings is 2. The average molecular weight is 476 g/mol. The maximum absolute atomic E-state index is 14.3. The van der Waals surface area contributed by atoms with Gasteiger partial charge in [0.25, 0.3) is 5.91 Å². The molecule has 0 unspecified atom stereocenters. The van der Waals surface area contributed by atoms with Gasteiger partial charge in [0.05, 0.1) is 11.9 Å². The van der Waals surface area contributed by atoms with Crippen molar-refractivity contribution in [2.24, 2.45) is 0 Å². The predicted molar refractivity (Wildman–Crippen MR) is 118 cm³/mol. The Morgan fingerprint density at radius 1 is 1.06 bits per heavy atom. The molecule has 0 bridgehead atoms. The predicted octanol–water partition coefficient (Wildman–Crippen LogP) is 4.70. The number of sulfonamides is 1. The van der Waals surface area contributed by atoms with Crippen molar-refractivity contribution < 1.29 is 22.3 Å².